The molecule has 0 rings (SSSR count). The molecule has 0 aromatic heterocycles. The topological polar surface area (TPSA) is 17.1 Å². The monoisotopic (exact) mass is 154 g/mol. The van der Waals surface area contributed by atoms with Crippen LogP contribution in [0.1, 0.15) is 13.3 Å². The zero-order chi connectivity index (χ0) is 7.44. The van der Waals surface area contributed by atoms with Gasteiger partial charge in [0.15, 0.2) is 5.78 Å². The second-order valence-electron chi connectivity index (χ2n) is 1.35. The molecule has 0 N–H and O–H groups in total. The number of halogens is 3. The summed E-state index contributed by atoms with van der Waals surface area (Å²) in [7, 11) is 0. The maximum atomic E-state index is 11.9. The highest BCUT2D eigenvalue weighted by atomic mass is 35.5. The zero-order valence-electron chi connectivity index (χ0n) is 4.75. The molecule has 0 aliphatic heterocycles. The Balaban J connectivity index is 4.21. The number of carbonyl (C=O) groups is 1. The lowest BCUT2D eigenvalue weighted by Crippen LogP contribution is -1.95. The van der Waals surface area contributed by atoms with E-state index in [1.54, 1.807) is 0 Å². The summed E-state index contributed by atoms with van der Waals surface area (Å²) in [5.74, 6) is -2.40. The first-order chi connectivity index (χ1) is 4.09. The van der Waals surface area contributed by atoms with Gasteiger partial charge in [-0.25, -0.2) is 0 Å². The van der Waals surface area contributed by atoms with Gasteiger partial charge in [0.1, 0.15) is 0 Å². The fraction of sp³-hybridized carbons (Fsp3) is 0.400. The number of ketones is 1. The molecule has 0 heterocycles. The van der Waals surface area contributed by atoms with Gasteiger partial charge < -0.3 is 0 Å². The van der Waals surface area contributed by atoms with Crippen molar-refractivity contribution >= 4 is 17.4 Å². The number of Topliss-reactive ketones (excluding diaryl/α,β-unsaturated/α-hetero) is 1. The van der Waals surface area contributed by atoms with Crippen LogP contribution >= 0.6 is 11.6 Å². The fourth-order valence-corrected chi connectivity index (χ4v) is 0.366. The minimum Gasteiger partial charge on any atom is -0.291 e. The lowest BCUT2D eigenvalue weighted by atomic mass is 10.3. The summed E-state index contributed by atoms with van der Waals surface area (Å²) in [5.41, 5.74) is 0. The third-order valence-electron chi connectivity index (χ3n) is 0.732. The van der Waals surface area contributed by atoms with Crippen LogP contribution in [0.5, 0.6) is 0 Å². The molecule has 4 heteroatoms. The van der Waals surface area contributed by atoms with Crippen LogP contribution in [0.3, 0.4) is 0 Å². The van der Waals surface area contributed by atoms with Gasteiger partial charge in [0.25, 0.3) is 0 Å². The SMILES string of the molecule is CCC(=O)/C(F)=C(/F)Cl. The normalized spacial score (nSPS) is 12.9. The maximum absolute atomic E-state index is 11.9. The van der Waals surface area contributed by atoms with Gasteiger partial charge in [0, 0.05) is 6.42 Å². The number of carbonyl (C=O) groups excluding carboxylic acids is 1. The molecule has 0 atom stereocenters. The molecule has 0 unspecified atom stereocenters. The smallest absolute Gasteiger partial charge is 0.228 e. The molecule has 0 aliphatic carbocycles. The highest BCUT2D eigenvalue weighted by Crippen LogP contribution is 2.13. The van der Waals surface area contributed by atoms with E-state index in [1.165, 1.54) is 6.92 Å². The number of hydrogen-bond donors (Lipinski definition) is 0. The second kappa shape index (κ2) is 3.56. The first-order valence-corrected chi connectivity index (χ1v) is 2.71. The molecule has 0 saturated heterocycles. The van der Waals surface area contributed by atoms with Gasteiger partial charge in [-0.15, -0.1) is 0 Å². The van der Waals surface area contributed by atoms with E-state index in [-0.39, 0.29) is 6.42 Å². The number of allylic oxidation sites excluding steroid dienone is 1. The molecule has 0 aliphatic rings. The van der Waals surface area contributed by atoms with Gasteiger partial charge in [-0.1, -0.05) is 6.92 Å². The van der Waals surface area contributed by atoms with Gasteiger partial charge in [-0.2, -0.15) is 8.78 Å². The maximum Gasteiger partial charge on any atom is 0.228 e. The Morgan fingerprint density at radius 1 is 1.56 bits per heavy atom. The van der Waals surface area contributed by atoms with Crippen molar-refractivity contribution < 1.29 is 13.6 Å². The Bertz CT molecular complexity index is 149. The van der Waals surface area contributed by atoms with Crippen LogP contribution in [0.25, 0.3) is 0 Å². The number of rotatable bonds is 2. The first kappa shape index (κ1) is 8.56. The van der Waals surface area contributed by atoms with E-state index in [1.807, 2.05) is 0 Å². The van der Waals surface area contributed by atoms with Crippen LogP contribution in [-0.2, 0) is 4.79 Å². The third-order valence-corrected chi connectivity index (χ3v) is 0.898. The second-order valence-corrected chi connectivity index (χ2v) is 1.68. The average Bonchev–Trinajstić information content (AvgIpc) is 1.84. The van der Waals surface area contributed by atoms with E-state index in [2.05, 4.69) is 11.6 Å². The number of hydrogen-bond acceptors (Lipinski definition) is 1. The lowest BCUT2D eigenvalue weighted by Gasteiger charge is -1.88. The van der Waals surface area contributed by atoms with Crippen LogP contribution < -0.4 is 0 Å². The van der Waals surface area contributed by atoms with Crippen molar-refractivity contribution in [3.05, 3.63) is 11.1 Å². The van der Waals surface area contributed by atoms with E-state index >= 15 is 0 Å². The van der Waals surface area contributed by atoms with Crippen molar-refractivity contribution in [2.24, 2.45) is 0 Å². The minimum absolute atomic E-state index is 0.0774. The highest BCUT2D eigenvalue weighted by Gasteiger charge is 2.10. The minimum atomic E-state index is -1.57. The first-order valence-electron chi connectivity index (χ1n) is 2.33. The summed E-state index contributed by atoms with van der Waals surface area (Å²) < 4.78 is 23.5. The summed E-state index contributed by atoms with van der Waals surface area (Å²) in [6.07, 6.45) is -0.0774. The molecule has 0 bridgehead atoms. The van der Waals surface area contributed by atoms with Crippen molar-refractivity contribution in [2.45, 2.75) is 13.3 Å². The molecule has 9 heavy (non-hydrogen) atoms. The molecule has 52 valence electrons. The Morgan fingerprint density at radius 3 is 2.11 bits per heavy atom. The van der Waals surface area contributed by atoms with Crippen LogP contribution in [0.4, 0.5) is 8.78 Å². The summed E-state index contributed by atoms with van der Waals surface area (Å²) >= 11 is 4.52. The summed E-state index contributed by atoms with van der Waals surface area (Å²) in [5, 5.41) is -1.57. The average molecular weight is 155 g/mol. The summed E-state index contributed by atoms with van der Waals surface area (Å²) in [6, 6.07) is 0. The molecule has 0 aromatic carbocycles. The van der Waals surface area contributed by atoms with E-state index in [9.17, 15) is 13.6 Å². The zero-order valence-corrected chi connectivity index (χ0v) is 5.51. The van der Waals surface area contributed by atoms with E-state index in [0.717, 1.165) is 0 Å². The summed E-state index contributed by atoms with van der Waals surface area (Å²) in [6.45, 7) is 1.42. The molecule has 0 radical (unpaired) electrons. The molecule has 0 aromatic rings. The molecule has 0 amide bonds. The predicted octanol–water partition coefficient (Wildman–Crippen LogP) is 2.31. The Morgan fingerprint density at radius 2 is 2.00 bits per heavy atom. The van der Waals surface area contributed by atoms with Crippen molar-refractivity contribution in [3.63, 3.8) is 0 Å². The van der Waals surface area contributed by atoms with E-state index in [4.69, 9.17) is 0 Å². The molecule has 0 spiro atoms. The predicted molar refractivity (Wildman–Crippen MR) is 30.4 cm³/mol. The Kier molecular flexibility index (Phi) is 3.39. The largest absolute Gasteiger partial charge is 0.291 e. The standard InChI is InChI=1S/C5H5ClF2O/c1-2-3(9)4(7)5(6)8/h2H2,1H3/b5-4-. The van der Waals surface area contributed by atoms with Crippen molar-refractivity contribution in [1.82, 2.24) is 0 Å². The molecular weight excluding hydrogens is 150 g/mol. The quantitative estimate of drug-likeness (QED) is 0.558. The van der Waals surface area contributed by atoms with Gasteiger partial charge in [0.05, 0.1) is 0 Å². The van der Waals surface area contributed by atoms with E-state index in [0.29, 0.717) is 0 Å². The fourth-order valence-electron chi connectivity index (χ4n) is 0.261. The van der Waals surface area contributed by atoms with E-state index < -0.39 is 16.9 Å². The van der Waals surface area contributed by atoms with Gasteiger partial charge >= 0.3 is 0 Å². The molecule has 1 nitrogen and oxygen atoms in total. The van der Waals surface area contributed by atoms with Crippen molar-refractivity contribution in [3.8, 4) is 0 Å². The Hall–Kier alpha value is -0.440. The Labute approximate surface area is 56.3 Å². The molecule has 0 saturated carbocycles. The van der Waals surface area contributed by atoms with Crippen LogP contribution in [-0.4, -0.2) is 5.78 Å². The van der Waals surface area contributed by atoms with Gasteiger partial charge in [0.2, 0.25) is 11.1 Å². The molecule has 0 fully saturated rings. The summed E-state index contributed by atoms with van der Waals surface area (Å²) in [4.78, 5) is 10.2. The van der Waals surface area contributed by atoms with Crippen molar-refractivity contribution in [1.29, 1.82) is 0 Å². The lowest BCUT2D eigenvalue weighted by molar-refractivity contribution is -0.116. The van der Waals surface area contributed by atoms with Gasteiger partial charge in [-0.3, -0.25) is 4.79 Å². The van der Waals surface area contributed by atoms with Crippen LogP contribution in [0, 0.1) is 0 Å². The highest BCUT2D eigenvalue weighted by molar-refractivity contribution is 6.30. The van der Waals surface area contributed by atoms with Crippen LogP contribution in [0.2, 0.25) is 0 Å². The van der Waals surface area contributed by atoms with Crippen LogP contribution in [0.15, 0.2) is 11.1 Å². The molecular formula is C5H5ClF2O. The third kappa shape index (κ3) is 2.56. The van der Waals surface area contributed by atoms with Gasteiger partial charge in [-0.05, 0) is 11.6 Å². The van der Waals surface area contributed by atoms with Crippen molar-refractivity contribution in [2.75, 3.05) is 0 Å².